The van der Waals surface area contributed by atoms with Gasteiger partial charge in [-0.15, -0.1) is 11.3 Å². The molecule has 1 aliphatic carbocycles. The lowest BCUT2D eigenvalue weighted by atomic mass is 10.0. The van der Waals surface area contributed by atoms with Crippen LogP contribution in [0, 0.1) is 5.92 Å². The van der Waals surface area contributed by atoms with E-state index in [-0.39, 0.29) is 24.0 Å². The summed E-state index contributed by atoms with van der Waals surface area (Å²) in [6.07, 6.45) is 4.67. The lowest BCUT2D eigenvalue weighted by Crippen LogP contribution is -2.47. The molecule has 1 saturated carbocycles. The summed E-state index contributed by atoms with van der Waals surface area (Å²) in [4.78, 5) is 18.7. The Bertz CT molecular complexity index is 437. The highest BCUT2D eigenvalue weighted by Gasteiger charge is 2.36. The third-order valence-electron chi connectivity index (χ3n) is 3.99. The topological polar surface area (TPSA) is 68.5 Å². The molecule has 1 aromatic rings. The van der Waals surface area contributed by atoms with Crippen molar-refractivity contribution in [2.45, 2.75) is 31.4 Å². The summed E-state index contributed by atoms with van der Waals surface area (Å²) in [5, 5.41) is 2.89. The molecule has 1 amide bonds. The second-order valence-corrected chi connectivity index (χ2v) is 6.14. The van der Waals surface area contributed by atoms with Crippen molar-refractivity contribution >= 4 is 17.2 Å². The Kier molecular flexibility index (Phi) is 3.81. The Morgan fingerprint density at radius 1 is 1.53 bits per heavy atom. The van der Waals surface area contributed by atoms with Gasteiger partial charge in [0.15, 0.2) is 0 Å². The highest BCUT2D eigenvalue weighted by atomic mass is 32.1. The minimum absolute atomic E-state index is 0.00930. The summed E-state index contributed by atoms with van der Waals surface area (Å²) in [6.45, 7) is 1.86. The van der Waals surface area contributed by atoms with Gasteiger partial charge in [-0.2, -0.15) is 0 Å². The van der Waals surface area contributed by atoms with Crippen LogP contribution in [-0.4, -0.2) is 41.5 Å². The van der Waals surface area contributed by atoms with Gasteiger partial charge >= 0.3 is 0 Å². The number of nitrogens with zero attached hydrogens (tertiary/aromatic N) is 2. The Balaban J connectivity index is 1.66. The molecule has 0 bridgehead atoms. The Morgan fingerprint density at radius 3 is 3.11 bits per heavy atom. The van der Waals surface area contributed by atoms with Gasteiger partial charge < -0.3 is 15.4 Å². The van der Waals surface area contributed by atoms with E-state index in [4.69, 9.17) is 10.5 Å². The fraction of sp³-hybridized carbons (Fsp3) is 0.692. The molecular formula is C13H19N3O2S. The summed E-state index contributed by atoms with van der Waals surface area (Å²) < 4.78 is 5.71. The first-order chi connectivity index (χ1) is 9.25. The third kappa shape index (κ3) is 2.66. The quantitative estimate of drug-likeness (QED) is 0.883. The fourth-order valence-corrected chi connectivity index (χ4v) is 3.60. The van der Waals surface area contributed by atoms with Crippen molar-refractivity contribution in [1.29, 1.82) is 0 Å². The van der Waals surface area contributed by atoms with E-state index in [1.165, 1.54) is 0 Å². The van der Waals surface area contributed by atoms with Crippen LogP contribution in [0.2, 0.25) is 0 Å². The molecule has 0 aromatic carbocycles. The minimum Gasteiger partial charge on any atom is -0.367 e. The average molecular weight is 281 g/mol. The van der Waals surface area contributed by atoms with Gasteiger partial charge in [-0.25, -0.2) is 4.98 Å². The van der Waals surface area contributed by atoms with Crippen LogP contribution in [0.25, 0.3) is 0 Å². The van der Waals surface area contributed by atoms with Gasteiger partial charge in [0.25, 0.3) is 0 Å². The second kappa shape index (κ2) is 5.56. The maximum Gasteiger partial charge on any atom is 0.227 e. The van der Waals surface area contributed by atoms with Crippen molar-refractivity contribution in [1.82, 2.24) is 9.88 Å². The van der Waals surface area contributed by atoms with Crippen LogP contribution in [0.15, 0.2) is 11.6 Å². The molecule has 1 aliphatic heterocycles. The van der Waals surface area contributed by atoms with Gasteiger partial charge in [-0.3, -0.25) is 4.79 Å². The summed E-state index contributed by atoms with van der Waals surface area (Å²) in [7, 11) is 0. The Hall–Kier alpha value is -0.980. The van der Waals surface area contributed by atoms with Gasteiger partial charge in [-0.1, -0.05) is 6.42 Å². The minimum atomic E-state index is -0.0738. The maximum absolute atomic E-state index is 12.5. The SMILES string of the molecule is N[C@@H]1CCC[C@H]1C(=O)N1CCO[C@H](c2nccs2)C1. The molecule has 1 aromatic heterocycles. The molecule has 5 nitrogen and oxygen atoms in total. The van der Waals surface area contributed by atoms with Crippen LogP contribution < -0.4 is 5.73 Å². The third-order valence-corrected chi connectivity index (χ3v) is 4.86. The summed E-state index contributed by atoms with van der Waals surface area (Å²) in [5.74, 6) is 0.213. The Morgan fingerprint density at radius 2 is 2.42 bits per heavy atom. The van der Waals surface area contributed by atoms with Gasteiger partial charge in [-0.05, 0) is 12.8 Å². The van der Waals surface area contributed by atoms with Crippen molar-refractivity contribution < 1.29 is 9.53 Å². The molecule has 0 spiro atoms. The molecule has 0 radical (unpaired) electrons. The molecule has 2 fully saturated rings. The zero-order valence-electron chi connectivity index (χ0n) is 10.8. The normalized spacial score (nSPS) is 31.6. The van der Waals surface area contributed by atoms with Gasteiger partial charge in [0.1, 0.15) is 11.1 Å². The van der Waals surface area contributed by atoms with E-state index >= 15 is 0 Å². The standard InChI is InChI=1S/C13H19N3O2S/c14-10-3-1-2-9(10)13(17)16-5-6-18-11(8-16)12-15-4-7-19-12/h4,7,9-11H,1-3,5-6,8,14H2/t9-,10-,11+/m1/s1. The number of aromatic nitrogens is 1. The molecular weight excluding hydrogens is 262 g/mol. The van der Waals surface area contributed by atoms with E-state index in [1.807, 2.05) is 10.3 Å². The fourth-order valence-electron chi connectivity index (χ4n) is 2.92. The van der Waals surface area contributed by atoms with Crippen LogP contribution in [0.5, 0.6) is 0 Å². The zero-order valence-corrected chi connectivity index (χ0v) is 11.6. The Labute approximate surface area is 116 Å². The predicted molar refractivity (Wildman–Crippen MR) is 72.7 cm³/mol. The second-order valence-electron chi connectivity index (χ2n) is 5.22. The van der Waals surface area contributed by atoms with Crippen LogP contribution in [0.1, 0.15) is 30.4 Å². The smallest absolute Gasteiger partial charge is 0.227 e. The lowest BCUT2D eigenvalue weighted by Gasteiger charge is -2.34. The number of carbonyl (C=O) groups excluding carboxylic acids is 1. The number of hydrogen-bond acceptors (Lipinski definition) is 5. The zero-order chi connectivity index (χ0) is 13.2. The predicted octanol–water partition coefficient (Wildman–Crippen LogP) is 1.17. The van der Waals surface area contributed by atoms with Gasteiger partial charge in [0, 0.05) is 24.2 Å². The number of ether oxygens (including phenoxy) is 1. The van der Waals surface area contributed by atoms with Crippen molar-refractivity contribution in [3.05, 3.63) is 16.6 Å². The number of nitrogens with two attached hydrogens (primary N) is 1. The number of morpholine rings is 1. The van der Waals surface area contributed by atoms with E-state index in [9.17, 15) is 4.79 Å². The molecule has 2 aliphatic rings. The molecule has 0 unspecified atom stereocenters. The van der Waals surface area contributed by atoms with Crippen LogP contribution in [0.4, 0.5) is 0 Å². The summed E-state index contributed by atoms with van der Waals surface area (Å²) in [6, 6.07) is 0.0358. The molecule has 3 atom stereocenters. The van der Waals surface area contributed by atoms with E-state index < -0.39 is 0 Å². The van der Waals surface area contributed by atoms with Gasteiger partial charge in [0.05, 0.1) is 19.1 Å². The molecule has 104 valence electrons. The number of rotatable bonds is 2. The van der Waals surface area contributed by atoms with Crippen LogP contribution in [0.3, 0.4) is 0 Å². The first kappa shape index (κ1) is 13.0. The average Bonchev–Trinajstić information content (AvgIpc) is 3.09. The highest BCUT2D eigenvalue weighted by molar-refractivity contribution is 7.09. The first-order valence-electron chi connectivity index (χ1n) is 6.81. The first-order valence-corrected chi connectivity index (χ1v) is 7.69. The molecule has 2 heterocycles. The summed E-state index contributed by atoms with van der Waals surface area (Å²) >= 11 is 1.58. The number of carbonyl (C=O) groups is 1. The van der Waals surface area contributed by atoms with Gasteiger partial charge in [0.2, 0.25) is 5.91 Å². The van der Waals surface area contributed by atoms with E-state index in [0.29, 0.717) is 19.7 Å². The van der Waals surface area contributed by atoms with E-state index in [2.05, 4.69) is 4.98 Å². The van der Waals surface area contributed by atoms with Crippen molar-refractivity contribution in [3.63, 3.8) is 0 Å². The summed E-state index contributed by atoms with van der Waals surface area (Å²) in [5.41, 5.74) is 6.03. The number of hydrogen-bond donors (Lipinski definition) is 1. The maximum atomic E-state index is 12.5. The van der Waals surface area contributed by atoms with Crippen LogP contribution in [-0.2, 0) is 9.53 Å². The highest BCUT2D eigenvalue weighted by Crippen LogP contribution is 2.29. The van der Waals surface area contributed by atoms with Crippen molar-refractivity contribution in [3.8, 4) is 0 Å². The monoisotopic (exact) mass is 281 g/mol. The molecule has 6 heteroatoms. The lowest BCUT2D eigenvalue weighted by molar-refractivity contribution is -0.143. The van der Waals surface area contributed by atoms with E-state index in [1.54, 1.807) is 17.5 Å². The van der Waals surface area contributed by atoms with E-state index in [0.717, 1.165) is 24.3 Å². The van der Waals surface area contributed by atoms with Crippen molar-refractivity contribution in [2.24, 2.45) is 11.7 Å². The van der Waals surface area contributed by atoms with Crippen molar-refractivity contribution in [2.75, 3.05) is 19.7 Å². The van der Waals surface area contributed by atoms with Crippen LogP contribution >= 0.6 is 11.3 Å². The number of amides is 1. The molecule has 19 heavy (non-hydrogen) atoms. The molecule has 3 rings (SSSR count). The molecule has 2 N–H and O–H groups in total. The number of thiazole rings is 1. The molecule has 1 saturated heterocycles. The largest absolute Gasteiger partial charge is 0.367 e.